The van der Waals surface area contributed by atoms with Crippen LogP contribution >= 0.6 is 0 Å². The molecule has 0 bridgehead atoms. The highest BCUT2D eigenvalue weighted by atomic mass is 19.4. The van der Waals surface area contributed by atoms with Crippen LogP contribution in [0.5, 0.6) is 5.75 Å². The summed E-state index contributed by atoms with van der Waals surface area (Å²) in [5.41, 5.74) is -1.16. The summed E-state index contributed by atoms with van der Waals surface area (Å²) in [7, 11) is 1.28. The minimum absolute atomic E-state index is 0.0126. The number of methoxy groups -OCH3 is 1. The van der Waals surface area contributed by atoms with Crippen molar-refractivity contribution in [2.45, 2.75) is 24.8 Å². The number of ether oxygens (including phenoxy) is 3. The van der Waals surface area contributed by atoms with Gasteiger partial charge in [0.25, 0.3) is 0 Å². The van der Waals surface area contributed by atoms with Crippen LogP contribution in [-0.2, 0) is 15.4 Å². The highest BCUT2D eigenvalue weighted by molar-refractivity contribution is 5.40. The third kappa shape index (κ3) is 3.11. The molecular weight excluding hydrogens is 299 g/mol. The van der Waals surface area contributed by atoms with Crippen molar-refractivity contribution in [3.05, 3.63) is 29.3 Å². The lowest BCUT2D eigenvalue weighted by Gasteiger charge is -2.26. The van der Waals surface area contributed by atoms with Crippen LogP contribution in [0, 0.1) is 0 Å². The molecule has 1 heterocycles. The summed E-state index contributed by atoms with van der Waals surface area (Å²) < 4.78 is 79.5. The van der Waals surface area contributed by atoms with Crippen molar-refractivity contribution in [3.63, 3.8) is 0 Å². The highest BCUT2D eigenvalue weighted by Gasteiger charge is 2.58. The molecule has 1 fully saturated rings. The van der Waals surface area contributed by atoms with E-state index in [-0.39, 0.29) is 11.3 Å². The van der Waals surface area contributed by atoms with Crippen LogP contribution in [0.25, 0.3) is 0 Å². The SMILES string of the molecule is COc1ccc(C(F)(F)C(F)(F)F)cc1C1OCCCO1. The lowest BCUT2D eigenvalue weighted by atomic mass is 10.0. The molecular formula is C13H13F5O3. The Morgan fingerprint density at radius 2 is 1.71 bits per heavy atom. The summed E-state index contributed by atoms with van der Waals surface area (Å²) >= 11 is 0. The van der Waals surface area contributed by atoms with Crippen LogP contribution in [-0.4, -0.2) is 26.5 Å². The molecule has 1 aliphatic heterocycles. The second-order valence-electron chi connectivity index (χ2n) is 4.46. The Morgan fingerprint density at radius 3 is 2.24 bits per heavy atom. The molecule has 0 aliphatic carbocycles. The fraction of sp³-hybridized carbons (Fsp3) is 0.538. The fourth-order valence-electron chi connectivity index (χ4n) is 1.94. The summed E-state index contributed by atoms with van der Waals surface area (Å²) in [6.45, 7) is 0.654. The first-order valence-corrected chi connectivity index (χ1v) is 6.13. The van der Waals surface area contributed by atoms with E-state index in [9.17, 15) is 22.0 Å². The number of benzene rings is 1. The van der Waals surface area contributed by atoms with E-state index in [1.54, 1.807) is 0 Å². The first-order chi connectivity index (χ1) is 9.77. The van der Waals surface area contributed by atoms with Crippen LogP contribution in [0.15, 0.2) is 18.2 Å². The van der Waals surface area contributed by atoms with Gasteiger partial charge in [-0.05, 0) is 24.6 Å². The van der Waals surface area contributed by atoms with Gasteiger partial charge in [-0.3, -0.25) is 0 Å². The normalized spacial score (nSPS) is 17.8. The molecule has 8 heteroatoms. The quantitative estimate of drug-likeness (QED) is 0.795. The molecule has 1 aromatic carbocycles. The van der Waals surface area contributed by atoms with Crippen molar-refractivity contribution in [2.24, 2.45) is 0 Å². The molecule has 1 aromatic rings. The van der Waals surface area contributed by atoms with Crippen molar-refractivity contribution in [3.8, 4) is 5.75 Å². The highest BCUT2D eigenvalue weighted by Crippen LogP contribution is 2.45. The zero-order chi connectivity index (χ0) is 15.7. The molecule has 0 atom stereocenters. The zero-order valence-corrected chi connectivity index (χ0v) is 11.0. The Labute approximate surface area is 117 Å². The van der Waals surface area contributed by atoms with Crippen molar-refractivity contribution < 1.29 is 36.2 Å². The monoisotopic (exact) mass is 312 g/mol. The number of halogens is 5. The van der Waals surface area contributed by atoms with Crippen molar-refractivity contribution in [1.29, 1.82) is 0 Å². The van der Waals surface area contributed by atoms with Crippen LogP contribution in [0.2, 0.25) is 0 Å². The Hall–Kier alpha value is -1.41. The van der Waals surface area contributed by atoms with Gasteiger partial charge in [0.15, 0.2) is 6.29 Å². The molecule has 0 unspecified atom stereocenters. The van der Waals surface area contributed by atoms with E-state index in [4.69, 9.17) is 14.2 Å². The molecule has 0 saturated carbocycles. The molecule has 1 aliphatic rings. The van der Waals surface area contributed by atoms with Gasteiger partial charge in [-0.2, -0.15) is 22.0 Å². The van der Waals surface area contributed by atoms with Crippen LogP contribution in [0.4, 0.5) is 22.0 Å². The number of hydrogen-bond donors (Lipinski definition) is 0. The minimum atomic E-state index is -5.67. The molecule has 0 aromatic heterocycles. The summed E-state index contributed by atoms with van der Waals surface area (Å²) in [4.78, 5) is 0. The number of hydrogen-bond acceptors (Lipinski definition) is 3. The Bertz CT molecular complexity index is 495. The third-order valence-electron chi connectivity index (χ3n) is 3.03. The molecule has 118 valence electrons. The van der Waals surface area contributed by atoms with E-state index >= 15 is 0 Å². The van der Waals surface area contributed by atoms with Crippen molar-refractivity contribution in [1.82, 2.24) is 0 Å². The summed E-state index contributed by atoms with van der Waals surface area (Å²) in [5, 5.41) is 0. The van der Waals surface area contributed by atoms with Gasteiger partial charge in [0.2, 0.25) is 0 Å². The first kappa shape index (κ1) is 16.0. The standard InChI is InChI=1S/C13H13F5O3/c1-19-10-4-3-8(12(14,15)13(16,17)18)7-9(10)11-20-5-2-6-21-11/h3-4,7,11H,2,5-6H2,1H3. The van der Waals surface area contributed by atoms with E-state index < -0.39 is 24.0 Å². The van der Waals surface area contributed by atoms with Gasteiger partial charge in [0.1, 0.15) is 5.75 Å². The van der Waals surface area contributed by atoms with E-state index in [0.29, 0.717) is 31.8 Å². The van der Waals surface area contributed by atoms with Gasteiger partial charge < -0.3 is 14.2 Å². The molecule has 3 nitrogen and oxygen atoms in total. The summed E-state index contributed by atoms with van der Waals surface area (Å²) in [5.74, 6) is -4.83. The molecule has 2 rings (SSSR count). The molecule has 0 amide bonds. The summed E-state index contributed by atoms with van der Waals surface area (Å²) in [6.07, 6.45) is -6.07. The second-order valence-corrected chi connectivity index (χ2v) is 4.46. The van der Waals surface area contributed by atoms with Gasteiger partial charge in [0, 0.05) is 5.56 Å². The second kappa shape index (κ2) is 5.76. The van der Waals surface area contributed by atoms with Gasteiger partial charge in [-0.25, -0.2) is 0 Å². The predicted molar refractivity (Wildman–Crippen MR) is 62.2 cm³/mol. The Kier molecular flexibility index (Phi) is 4.38. The van der Waals surface area contributed by atoms with Gasteiger partial charge >= 0.3 is 12.1 Å². The fourth-order valence-corrected chi connectivity index (χ4v) is 1.94. The van der Waals surface area contributed by atoms with Crippen LogP contribution in [0.1, 0.15) is 23.8 Å². The van der Waals surface area contributed by atoms with Crippen LogP contribution in [0.3, 0.4) is 0 Å². The molecule has 1 saturated heterocycles. The van der Waals surface area contributed by atoms with Gasteiger partial charge in [-0.15, -0.1) is 0 Å². The topological polar surface area (TPSA) is 27.7 Å². The maximum absolute atomic E-state index is 13.4. The lowest BCUT2D eigenvalue weighted by Crippen LogP contribution is -2.33. The van der Waals surface area contributed by atoms with Gasteiger partial charge in [0.05, 0.1) is 25.9 Å². The maximum atomic E-state index is 13.4. The number of alkyl halides is 5. The average molecular weight is 312 g/mol. The third-order valence-corrected chi connectivity index (χ3v) is 3.03. The largest absolute Gasteiger partial charge is 0.496 e. The Morgan fingerprint density at radius 1 is 1.10 bits per heavy atom. The first-order valence-electron chi connectivity index (χ1n) is 6.13. The summed E-state index contributed by atoms with van der Waals surface area (Å²) in [6, 6.07) is 2.44. The van der Waals surface area contributed by atoms with E-state index in [1.165, 1.54) is 7.11 Å². The molecule has 0 N–H and O–H groups in total. The number of rotatable bonds is 3. The molecule has 21 heavy (non-hydrogen) atoms. The average Bonchev–Trinajstić information content (AvgIpc) is 2.46. The minimum Gasteiger partial charge on any atom is -0.496 e. The Balaban J connectivity index is 2.42. The maximum Gasteiger partial charge on any atom is 0.458 e. The lowest BCUT2D eigenvalue weighted by molar-refractivity contribution is -0.289. The smallest absolute Gasteiger partial charge is 0.458 e. The van der Waals surface area contributed by atoms with Crippen LogP contribution < -0.4 is 4.74 Å². The van der Waals surface area contributed by atoms with Crippen molar-refractivity contribution in [2.75, 3.05) is 20.3 Å². The predicted octanol–water partition coefficient (Wildman–Crippen LogP) is 3.78. The molecule has 0 radical (unpaired) electrons. The van der Waals surface area contributed by atoms with Crippen molar-refractivity contribution >= 4 is 0 Å². The zero-order valence-electron chi connectivity index (χ0n) is 11.0. The van der Waals surface area contributed by atoms with Gasteiger partial charge in [-0.1, -0.05) is 0 Å². The van der Waals surface area contributed by atoms with E-state index in [2.05, 4.69) is 0 Å². The van der Waals surface area contributed by atoms with E-state index in [1.807, 2.05) is 0 Å². The van der Waals surface area contributed by atoms with E-state index in [0.717, 1.165) is 6.07 Å². The molecule has 0 spiro atoms.